The average molecular weight is 495 g/mol. The van der Waals surface area contributed by atoms with E-state index in [1.807, 2.05) is 0 Å². The summed E-state index contributed by atoms with van der Waals surface area (Å²) < 4.78 is 25.6. The normalized spacial score (nSPS) is 14.3. The Bertz CT molecular complexity index is 563. The summed E-state index contributed by atoms with van der Waals surface area (Å²) in [5, 5.41) is 8.81. The highest BCUT2D eigenvalue weighted by Crippen LogP contribution is 2.38. The number of hydrogen-bond acceptors (Lipinski definition) is 6. The molecule has 30 heavy (non-hydrogen) atoms. The molecule has 0 saturated carbocycles. The van der Waals surface area contributed by atoms with Gasteiger partial charge in [-0.2, -0.15) is 0 Å². The van der Waals surface area contributed by atoms with Gasteiger partial charge < -0.3 is 22.2 Å². The van der Waals surface area contributed by atoms with Crippen LogP contribution in [0.1, 0.15) is 26.2 Å². The molecule has 0 aliphatic carbocycles. The van der Waals surface area contributed by atoms with Gasteiger partial charge in [-0.05, 0) is 71.8 Å². The van der Waals surface area contributed by atoms with Gasteiger partial charge in [-0.1, -0.05) is 13.5 Å². The van der Waals surface area contributed by atoms with Gasteiger partial charge in [0.25, 0.3) is 0 Å². The van der Waals surface area contributed by atoms with E-state index in [-0.39, 0.29) is 17.7 Å². The molecule has 176 valence electrons. The van der Waals surface area contributed by atoms with Gasteiger partial charge in [0.15, 0.2) is 25.0 Å². The highest BCUT2D eigenvalue weighted by atomic mass is 28.5. The number of rotatable bonds is 14. The molecule has 0 aromatic heterocycles. The van der Waals surface area contributed by atoms with E-state index >= 15 is 0 Å². The number of esters is 1. The lowest BCUT2D eigenvalue weighted by atomic mass is 10.2. The van der Waals surface area contributed by atoms with Crippen molar-refractivity contribution in [2.45, 2.75) is 90.7 Å². The molecule has 0 saturated heterocycles. The third kappa shape index (κ3) is 12.3. The first-order valence-corrected chi connectivity index (χ1v) is 22.5. The summed E-state index contributed by atoms with van der Waals surface area (Å²) >= 11 is 0. The lowest BCUT2D eigenvalue weighted by Gasteiger charge is -2.46. The monoisotopic (exact) mass is 494 g/mol. The summed E-state index contributed by atoms with van der Waals surface area (Å²) in [4.78, 5) is 22.8. The number of carboxylic acid groups (broad SMARTS) is 1. The molecule has 7 nitrogen and oxygen atoms in total. The summed E-state index contributed by atoms with van der Waals surface area (Å²) in [7, 11) is -9.08. The first-order valence-electron chi connectivity index (χ1n) is 10.5. The molecule has 11 heteroatoms. The first kappa shape index (κ1) is 29.4. The highest BCUT2D eigenvalue weighted by Gasteiger charge is 2.55. The standard InChI is InChI=1S/C19H42O7Si4/c1-12-17(13-14-23-19(22)16(2)15-18(20)21)30(24-27(3,4)5,25-28(6,7)8)26-29(9,10)11/h17H,2,12-15H2,1,3-11H3,(H,20,21). The summed E-state index contributed by atoms with van der Waals surface area (Å²) in [6.07, 6.45) is 0.887. The van der Waals surface area contributed by atoms with Crippen molar-refractivity contribution in [3.8, 4) is 0 Å². The van der Waals surface area contributed by atoms with Crippen LogP contribution in [0.15, 0.2) is 12.2 Å². The molecule has 1 atom stereocenters. The summed E-state index contributed by atoms with van der Waals surface area (Å²) in [5.41, 5.74) is -0.0719. The van der Waals surface area contributed by atoms with Gasteiger partial charge in [0.05, 0.1) is 13.0 Å². The summed E-state index contributed by atoms with van der Waals surface area (Å²) in [6, 6.07) is 0. The Hall–Kier alpha value is -0.572. The molecule has 0 spiro atoms. The maximum Gasteiger partial charge on any atom is 0.472 e. The fraction of sp³-hybridized carbons (Fsp3) is 0.789. The van der Waals surface area contributed by atoms with Crippen molar-refractivity contribution >= 4 is 45.7 Å². The molecule has 0 aromatic rings. The Balaban J connectivity index is 5.70. The molecule has 0 bridgehead atoms. The number of ether oxygens (including phenoxy) is 1. The molecule has 0 fully saturated rings. The van der Waals surface area contributed by atoms with Crippen LogP contribution in [0.4, 0.5) is 0 Å². The van der Waals surface area contributed by atoms with Crippen LogP contribution in [0.3, 0.4) is 0 Å². The van der Waals surface area contributed by atoms with E-state index in [1.165, 1.54) is 0 Å². The molecule has 0 aromatic carbocycles. The van der Waals surface area contributed by atoms with Crippen molar-refractivity contribution in [1.29, 1.82) is 0 Å². The van der Waals surface area contributed by atoms with Gasteiger partial charge in [0.2, 0.25) is 0 Å². The topological polar surface area (TPSA) is 91.3 Å². The second kappa shape index (κ2) is 11.3. The smallest absolute Gasteiger partial charge is 0.472 e. The Kier molecular flexibility index (Phi) is 11.1. The Labute approximate surface area is 186 Å². The van der Waals surface area contributed by atoms with E-state index < -0.39 is 52.1 Å². The van der Waals surface area contributed by atoms with Crippen LogP contribution in [0.5, 0.6) is 0 Å². The van der Waals surface area contributed by atoms with Gasteiger partial charge in [-0.3, -0.25) is 4.79 Å². The Morgan fingerprint density at radius 1 is 0.867 bits per heavy atom. The predicted octanol–water partition coefficient (Wildman–Crippen LogP) is 5.22. The minimum atomic E-state index is -3.08. The fourth-order valence-electron chi connectivity index (χ4n) is 2.87. The minimum Gasteiger partial charge on any atom is -0.481 e. The van der Waals surface area contributed by atoms with Gasteiger partial charge in [0.1, 0.15) is 0 Å². The third-order valence-electron chi connectivity index (χ3n) is 3.69. The van der Waals surface area contributed by atoms with Crippen LogP contribution in [-0.4, -0.2) is 57.4 Å². The van der Waals surface area contributed by atoms with Crippen molar-refractivity contribution in [3.05, 3.63) is 12.2 Å². The molecular formula is C19H42O7Si4. The third-order valence-corrected chi connectivity index (χ3v) is 16.2. The van der Waals surface area contributed by atoms with E-state index in [2.05, 4.69) is 72.4 Å². The number of aliphatic carboxylic acids is 1. The van der Waals surface area contributed by atoms with E-state index in [0.717, 1.165) is 6.42 Å². The van der Waals surface area contributed by atoms with Gasteiger partial charge >= 0.3 is 20.7 Å². The molecule has 1 unspecified atom stereocenters. The van der Waals surface area contributed by atoms with E-state index in [4.69, 9.17) is 22.2 Å². The van der Waals surface area contributed by atoms with Gasteiger partial charge in [-0.15, -0.1) is 0 Å². The van der Waals surface area contributed by atoms with E-state index in [9.17, 15) is 9.59 Å². The SMILES string of the molecule is C=C(CC(=O)O)C(=O)OCCC(CC)[Si](O[Si](C)(C)C)(O[Si](C)(C)C)O[Si](C)(C)C. The van der Waals surface area contributed by atoms with E-state index in [1.54, 1.807) is 0 Å². The molecule has 1 N–H and O–H groups in total. The summed E-state index contributed by atoms with van der Waals surface area (Å²) in [5.74, 6) is -1.78. The Morgan fingerprint density at radius 3 is 1.57 bits per heavy atom. The van der Waals surface area contributed by atoms with Crippen LogP contribution < -0.4 is 0 Å². The van der Waals surface area contributed by atoms with Crippen LogP contribution in [0.25, 0.3) is 0 Å². The molecule has 0 heterocycles. The zero-order valence-corrected chi connectivity index (χ0v) is 24.5. The molecular weight excluding hydrogens is 453 g/mol. The number of carboxylic acids is 1. The zero-order valence-electron chi connectivity index (χ0n) is 20.5. The van der Waals surface area contributed by atoms with Crippen LogP contribution in [0, 0.1) is 0 Å². The molecule has 0 aliphatic rings. The molecule has 0 aliphatic heterocycles. The first-order chi connectivity index (χ1) is 13.3. The van der Waals surface area contributed by atoms with Crippen molar-refractivity contribution in [2.24, 2.45) is 0 Å². The van der Waals surface area contributed by atoms with Crippen LogP contribution in [0.2, 0.25) is 64.5 Å². The van der Waals surface area contributed by atoms with Crippen molar-refractivity contribution in [1.82, 2.24) is 0 Å². The number of carbonyl (C=O) groups is 2. The molecule has 0 amide bonds. The van der Waals surface area contributed by atoms with Crippen molar-refractivity contribution < 1.29 is 31.8 Å². The van der Waals surface area contributed by atoms with Crippen molar-refractivity contribution in [2.75, 3.05) is 6.61 Å². The summed E-state index contributed by atoms with van der Waals surface area (Å²) in [6.45, 7) is 25.0. The van der Waals surface area contributed by atoms with Gasteiger partial charge in [0, 0.05) is 11.1 Å². The largest absolute Gasteiger partial charge is 0.481 e. The van der Waals surface area contributed by atoms with Crippen molar-refractivity contribution in [3.63, 3.8) is 0 Å². The average Bonchev–Trinajstić information content (AvgIpc) is 2.44. The van der Waals surface area contributed by atoms with Crippen LogP contribution in [-0.2, 0) is 26.7 Å². The maximum absolute atomic E-state index is 12.0. The highest BCUT2D eigenvalue weighted by molar-refractivity contribution is 6.90. The maximum atomic E-state index is 12.0. The quantitative estimate of drug-likeness (QED) is 0.201. The lowest BCUT2D eigenvalue weighted by molar-refractivity contribution is -0.143. The second-order valence-electron chi connectivity index (χ2n) is 10.5. The number of hydrogen-bond donors (Lipinski definition) is 1. The fourth-order valence-corrected chi connectivity index (χ4v) is 17.7. The molecule has 0 rings (SSSR count). The molecule has 0 radical (unpaired) electrons. The predicted molar refractivity (Wildman–Crippen MR) is 130 cm³/mol. The minimum absolute atomic E-state index is 0.0109. The lowest BCUT2D eigenvalue weighted by Crippen LogP contribution is -2.63. The number of carbonyl (C=O) groups excluding carboxylic acids is 1. The Morgan fingerprint density at radius 2 is 1.27 bits per heavy atom. The zero-order chi connectivity index (χ0) is 24.0. The van der Waals surface area contributed by atoms with Crippen LogP contribution >= 0.6 is 0 Å². The second-order valence-corrected chi connectivity index (χ2v) is 27.6. The van der Waals surface area contributed by atoms with E-state index in [0.29, 0.717) is 6.42 Å². The van der Waals surface area contributed by atoms with Gasteiger partial charge in [-0.25, -0.2) is 4.79 Å².